The summed E-state index contributed by atoms with van der Waals surface area (Å²) in [6, 6.07) is 0.0241. The summed E-state index contributed by atoms with van der Waals surface area (Å²) in [6.45, 7) is 6.39. The Balaban J connectivity index is 2.17. The van der Waals surface area contributed by atoms with E-state index in [4.69, 9.17) is 4.74 Å². The number of carbonyl (C=O) groups is 1. The first kappa shape index (κ1) is 12.8. The van der Waals surface area contributed by atoms with Crippen LogP contribution in [-0.4, -0.2) is 28.7 Å². The predicted molar refractivity (Wildman–Crippen MR) is 68.1 cm³/mol. The largest absolute Gasteiger partial charge is 0.465 e. The quantitative estimate of drug-likeness (QED) is 0.589. The molecule has 1 aromatic heterocycles. The van der Waals surface area contributed by atoms with Crippen molar-refractivity contribution in [3.8, 4) is 0 Å². The van der Waals surface area contributed by atoms with Crippen LogP contribution in [0.1, 0.15) is 37.5 Å². The highest BCUT2D eigenvalue weighted by Gasteiger charge is 2.31. The lowest BCUT2D eigenvalue weighted by atomic mass is 10.2. The minimum atomic E-state index is -0.467. The standard InChI is InChI=1S/C13H19N3O2/c1-3-7-15-12(13(17)18-4-2)11-8-14-9-16(11)10-5-6-10/h3,8-10,12,15H,1,4-7H2,2H3. The first-order valence-corrected chi connectivity index (χ1v) is 6.30. The molecule has 1 saturated carbocycles. The third-order valence-electron chi connectivity index (χ3n) is 2.92. The third kappa shape index (κ3) is 2.79. The molecule has 2 rings (SSSR count). The molecule has 98 valence electrons. The molecule has 1 unspecified atom stereocenters. The van der Waals surface area contributed by atoms with Crippen LogP contribution in [0, 0.1) is 0 Å². The van der Waals surface area contributed by atoms with E-state index in [-0.39, 0.29) is 5.97 Å². The van der Waals surface area contributed by atoms with Crippen LogP contribution < -0.4 is 5.32 Å². The number of nitrogens with zero attached hydrogens (tertiary/aromatic N) is 2. The number of carbonyl (C=O) groups excluding carboxylic acids is 1. The molecule has 0 saturated heterocycles. The third-order valence-corrected chi connectivity index (χ3v) is 2.92. The molecule has 5 nitrogen and oxygen atoms in total. The van der Waals surface area contributed by atoms with Gasteiger partial charge in [0.05, 0.1) is 24.8 Å². The van der Waals surface area contributed by atoms with E-state index in [1.807, 2.05) is 0 Å². The van der Waals surface area contributed by atoms with E-state index in [0.29, 0.717) is 19.2 Å². The monoisotopic (exact) mass is 249 g/mol. The molecule has 1 heterocycles. The predicted octanol–water partition coefficient (Wildman–Crippen LogP) is 1.60. The smallest absolute Gasteiger partial charge is 0.329 e. The zero-order valence-electron chi connectivity index (χ0n) is 10.6. The molecule has 0 spiro atoms. The highest BCUT2D eigenvalue weighted by Crippen LogP contribution is 2.37. The number of ether oxygens (including phenoxy) is 1. The molecule has 0 bridgehead atoms. The molecule has 1 N–H and O–H groups in total. The van der Waals surface area contributed by atoms with Crippen molar-refractivity contribution in [2.45, 2.75) is 31.8 Å². The lowest BCUT2D eigenvalue weighted by molar-refractivity contribution is -0.146. The zero-order valence-corrected chi connectivity index (χ0v) is 10.6. The van der Waals surface area contributed by atoms with Gasteiger partial charge in [0.2, 0.25) is 0 Å². The molecule has 1 aromatic rings. The Bertz CT molecular complexity index is 424. The van der Waals surface area contributed by atoms with Gasteiger partial charge in [-0.15, -0.1) is 6.58 Å². The molecule has 0 radical (unpaired) electrons. The van der Waals surface area contributed by atoms with Crippen molar-refractivity contribution < 1.29 is 9.53 Å². The van der Waals surface area contributed by atoms with Crippen molar-refractivity contribution in [1.29, 1.82) is 0 Å². The highest BCUT2D eigenvalue weighted by molar-refractivity contribution is 5.77. The van der Waals surface area contributed by atoms with Crippen molar-refractivity contribution in [1.82, 2.24) is 14.9 Å². The molecule has 5 heteroatoms. The summed E-state index contributed by atoms with van der Waals surface area (Å²) in [5.74, 6) is -0.262. The number of aromatic nitrogens is 2. The number of hydrogen-bond donors (Lipinski definition) is 1. The second kappa shape index (κ2) is 5.82. The molecule has 1 atom stereocenters. The summed E-state index contributed by atoms with van der Waals surface area (Å²) in [7, 11) is 0. The summed E-state index contributed by atoms with van der Waals surface area (Å²) in [5, 5.41) is 3.13. The number of nitrogens with one attached hydrogen (secondary N) is 1. The fraction of sp³-hybridized carbons (Fsp3) is 0.538. The number of hydrogen-bond acceptors (Lipinski definition) is 4. The SMILES string of the molecule is C=CCNC(C(=O)OCC)c1cncn1C1CC1. The van der Waals surface area contributed by atoms with E-state index in [2.05, 4.69) is 21.4 Å². The van der Waals surface area contributed by atoms with Gasteiger partial charge in [-0.1, -0.05) is 6.08 Å². The van der Waals surface area contributed by atoms with E-state index in [1.54, 1.807) is 25.5 Å². The maximum atomic E-state index is 12.0. The number of rotatable bonds is 7. The van der Waals surface area contributed by atoms with Gasteiger partial charge >= 0.3 is 5.97 Å². The minimum absolute atomic E-state index is 0.262. The zero-order chi connectivity index (χ0) is 13.0. The van der Waals surface area contributed by atoms with Gasteiger partial charge in [0.15, 0.2) is 0 Å². The van der Waals surface area contributed by atoms with E-state index in [1.165, 1.54) is 0 Å². The van der Waals surface area contributed by atoms with Crippen LogP contribution in [0.25, 0.3) is 0 Å². The van der Waals surface area contributed by atoms with E-state index < -0.39 is 6.04 Å². The van der Waals surface area contributed by atoms with Crippen LogP contribution in [0.4, 0.5) is 0 Å². The molecular weight excluding hydrogens is 230 g/mol. The summed E-state index contributed by atoms with van der Waals surface area (Å²) >= 11 is 0. The number of esters is 1. The van der Waals surface area contributed by atoms with E-state index in [0.717, 1.165) is 18.5 Å². The van der Waals surface area contributed by atoms with Gasteiger partial charge in [-0.25, -0.2) is 9.78 Å². The first-order valence-electron chi connectivity index (χ1n) is 6.30. The summed E-state index contributed by atoms with van der Waals surface area (Å²) in [6.07, 6.45) is 7.55. The second-order valence-corrected chi connectivity index (χ2v) is 4.34. The summed E-state index contributed by atoms with van der Waals surface area (Å²) < 4.78 is 7.17. The van der Waals surface area contributed by atoms with Gasteiger partial charge in [0.1, 0.15) is 6.04 Å². The summed E-state index contributed by atoms with van der Waals surface area (Å²) in [5.41, 5.74) is 0.873. The fourth-order valence-electron chi connectivity index (χ4n) is 1.93. The number of imidazole rings is 1. The first-order chi connectivity index (χ1) is 8.77. The van der Waals surface area contributed by atoms with Crippen LogP contribution in [0.5, 0.6) is 0 Å². The highest BCUT2D eigenvalue weighted by atomic mass is 16.5. The maximum absolute atomic E-state index is 12.0. The minimum Gasteiger partial charge on any atom is -0.465 e. The Morgan fingerprint density at radius 1 is 1.78 bits per heavy atom. The fourth-order valence-corrected chi connectivity index (χ4v) is 1.93. The van der Waals surface area contributed by atoms with Crippen LogP contribution in [0.3, 0.4) is 0 Å². The lowest BCUT2D eigenvalue weighted by Crippen LogP contribution is -2.32. The Morgan fingerprint density at radius 2 is 2.56 bits per heavy atom. The van der Waals surface area contributed by atoms with Gasteiger partial charge < -0.3 is 9.30 Å². The Labute approximate surface area is 107 Å². The molecule has 0 aromatic carbocycles. The van der Waals surface area contributed by atoms with Gasteiger partial charge in [-0.05, 0) is 19.8 Å². The van der Waals surface area contributed by atoms with Gasteiger partial charge in [0, 0.05) is 12.6 Å². The van der Waals surface area contributed by atoms with Crippen LogP contribution in [-0.2, 0) is 9.53 Å². The van der Waals surface area contributed by atoms with E-state index >= 15 is 0 Å². The summed E-state index contributed by atoms with van der Waals surface area (Å²) in [4.78, 5) is 16.1. The molecule has 1 fully saturated rings. The Morgan fingerprint density at radius 3 is 3.17 bits per heavy atom. The van der Waals surface area contributed by atoms with Crippen LogP contribution in [0.2, 0.25) is 0 Å². The molecule has 0 aliphatic heterocycles. The van der Waals surface area contributed by atoms with Crippen molar-refractivity contribution in [2.24, 2.45) is 0 Å². The van der Waals surface area contributed by atoms with E-state index in [9.17, 15) is 4.79 Å². The Kier molecular flexibility index (Phi) is 4.15. The van der Waals surface area contributed by atoms with Gasteiger partial charge in [-0.3, -0.25) is 5.32 Å². The molecule has 18 heavy (non-hydrogen) atoms. The maximum Gasteiger partial charge on any atom is 0.329 e. The van der Waals surface area contributed by atoms with Crippen LogP contribution >= 0.6 is 0 Å². The second-order valence-electron chi connectivity index (χ2n) is 4.34. The Hall–Kier alpha value is -1.62. The van der Waals surface area contributed by atoms with Crippen molar-refractivity contribution in [3.63, 3.8) is 0 Å². The van der Waals surface area contributed by atoms with Crippen molar-refractivity contribution in [2.75, 3.05) is 13.2 Å². The molecule has 1 aliphatic rings. The average molecular weight is 249 g/mol. The van der Waals surface area contributed by atoms with Crippen molar-refractivity contribution >= 4 is 5.97 Å². The van der Waals surface area contributed by atoms with Gasteiger partial charge in [-0.2, -0.15) is 0 Å². The normalized spacial score (nSPS) is 16.3. The van der Waals surface area contributed by atoms with Crippen LogP contribution in [0.15, 0.2) is 25.2 Å². The van der Waals surface area contributed by atoms with Gasteiger partial charge in [0.25, 0.3) is 0 Å². The molecular formula is C13H19N3O2. The van der Waals surface area contributed by atoms with Crippen molar-refractivity contribution in [3.05, 3.63) is 30.9 Å². The average Bonchev–Trinajstić information content (AvgIpc) is 3.10. The molecule has 1 aliphatic carbocycles. The lowest BCUT2D eigenvalue weighted by Gasteiger charge is -2.18. The molecule has 0 amide bonds. The topological polar surface area (TPSA) is 56.1 Å².